The molecule has 2 unspecified atom stereocenters. The number of anilines is 1. The van der Waals surface area contributed by atoms with Crippen molar-refractivity contribution in [3.05, 3.63) is 28.2 Å². The Morgan fingerprint density at radius 2 is 2.18 bits per heavy atom. The molecule has 94 valence electrons. The molecule has 1 N–H and O–H groups in total. The Balaban J connectivity index is 2.32. The Hall–Kier alpha value is -0.540. The molecule has 3 heteroatoms. The number of nitrogens with zero attached hydrogens (tertiary/aromatic N) is 1. The van der Waals surface area contributed by atoms with Gasteiger partial charge in [-0.05, 0) is 43.9 Å². The number of benzene rings is 1. The van der Waals surface area contributed by atoms with Gasteiger partial charge in [0.2, 0.25) is 0 Å². The number of halogens is 1. The van der Waals surface area contributed by atoms with E-state index in [1.807, 2.05) is 6.07 Å². The van der Waals surface area contributed by atoms with Crippen LogP contribution in [0, 0.1) is 5.92 Å². The van der Waals surface area contributed by atoms with E-state index >= 15 is 0 Å². The first kappa shape index (κ1) is 12.9. The molecule has 0 aromatic heterocycles. The summed E-state index contributed by atoms with van der Waals surface area (Å²) in [7, 11) is 0. The summed E-state index contributed by atoms with van der Waals surface area (Å²) in [5, 5.41) is 9.48. The fraction of sp³-hybridized carbons (Fsp3) is 0.571. The Bertz CT molecular complexity index is 394. The number of aliphatic hydroxyl groups excluding tert-OH is 1. The SMILES string of the molecule is CC1CCCN(c2ccc(Br)cc2CO)C1C. The van der Waals surface area contributed by atoms with Crippen molar-refractivity contribution in [1.82, 2.24) is 0 Å². The Morgan fingerprint density at radius 3 is 2.88 bits per heavy atom. The highest BCUT2D eigenvalue weighted by Crippen LogP contribution is 2.32. The summed E-state index contributed by atoms with van der Waals surface area (Å²) >= 11 is 3.46. The molecule has 1 fully saturated rings. The first-order valence-electron chi connectivity index (χ1n) is 6.29. The topological polar surface area (TPSA) is 23.5 Å². The second-order valence-electron chi connectivity index (χ2n) is 4.98. The Morgan fingerprint density at radius 1 is 1.41 bits per heavy atom. The van der Waals surface area contributed by atoms with Crippen LogP contribution in [0.15, 0.2) is 22.7 Å². The van der Waals surface area contributed by atoms with Crippen LogP contribution in [0.2, 0.25) is 0 Å². The quantitative estimate of drug-likeness (QED) is 0.902. The average Bonchev–Trinajstić information content (AvgIpc) is 2.33. The third-order valence-corrected chi connectivity index (χ3v) is 4.39. The maximum Gasteiger partial charge on any atom is 0.0702 e. The minimum atomic E-state index is 0.104. The van der Waals surface area contributed by atoms with Crippen molar-refractivity contribution in [2.45, 2.75) is 39.3 Å². The van der Waals surface area contributed by atoms with Crippen molar-refractivity contribution < 1.29 is 5.11 Å². The molecule has 2 nitrogen and oxygen atoms in total. The normalized spacial score (nSPS) is 25.1. The molecule has 1 aliphatic rings. The Labute approximate surface area is 112 Å². The molecule has 0 aliphatic carbocycles. The third kappa shape index (κ3) is 2.66. The molecule has 0 radical (unpaired) electrons. The highest BCUT2D eigenvalue weighted by atomic mass is 79.9. The van der Waals surface area contributed by atoms with Gasteiger partial charge in [-0.2, -0.15) is 0 Å². The molecular weight excluding hydrogens is 278 g/mol. The van der Waals surface area contributed by atoms with Crippen molar-refractivity contribution in [2.75, 3.05) is 11.4 Å². The molecule has 1 aliphatic heterocycles. The van der Waals surface area contributed by atoms with Crippen LogP contribution in [0.25, 0.3) is 0 Å². The second kappa shape index (κ2) is 5.40. The molecule has 0 spiro atoms. The van der Waals surface area contributed by atoms with Gasteiger partial charge in [-0.3, -0.25) is 0 Å². The molecule has 1 aromatic rings. The van der Waals surface area contributed by atoms with Gasteiger partial charge in [0.25, 0.3) is 0 Å². The van der Waals surface area contributed by atoms with Crippen LogP contribution in [-0.2, 0) is 6.61 Å². The Kier molecular flexibility index (Phi) is 4.10. The summed E-state index contributed by atoms with van der Waals surface area (Å²) in [4.78, 5) is 2.44. The van der Waals surface area contributed by atoms with Crippen LogP contribution in [0.5, 0.6) is 0 Å². The predicted octanol–water partition coefficient (Wildman–Crippen LogP) is 3.57. The van der Waals surface area contributed by atoms with Gasteiger partial charge in [-0.25, -0.2) is 0 Å². The van der Waals surface area contributed by atoms with Gasteiger partial charge in [-0.1, -0.05) is 22.9 Å². The molecule has 0 bridgehead atoms. The van der Waals surface area contributed by atoms with Crippen LogP contribution in [0.3, 0.4) is 0 Å². The molecule has 0 amide bonds. The van der Waals surface area contributed by atoms with Gasteiger partial charge in [0.1, 0.15) is 0 Å². The van der Waals surface area contributed by atoms with Crippen LogP contribution in [0.4, 0.5) is 5.69 Å². The molecule has 2 atom stereocenters. The number of rotatable bonds is 2. The lowest BCUT2D eigenvalue weighted by Crippen LogP contribution is -2.42. The van der Waals surface area contributed by atoms with E-state index in [4.69, 9.17) is 0 Å². The van der Waals surface area contributed by atoms with Crippen LogP contribution in [0.1, 0.15) is 32.3 Å². The molecule has 0 saturated carbocycles. The molecule has 1 heterocycles. The number of aliphatic hydroxyl groups is 1. The minimum absolute atomic E-state index is 0.104. The zero-order valence-electron chi connectivity index (χ0n) is 10.5. The van der Waals surface area contributed by atoms with E-state index in [-0.39, 0.29) is 6.61 Å². The van der Waals surface area contributed by atoms with Crippen LogP contribution in [-0.4, -0.2) is 17.7 Å². The van der Waals surface area contributed by atoms with E-state index in [1.165, 1.54) is 18.5 Å². The largest absolute Gasteiger partial charge is 0.392 e. The predicted molar refractivity (Wildman–Crippen MR) is 75.3 cm³/mol. The summed E-state index contributed by atoms with van der Waals surface area (Å²) < 4.78 is 1.03. The fourth-order valence-corrected chi connectivity index (χ4v) is 3.04. The summed E-state index contributed by atoms with van der Waals surface area (Å²) in [6.07, 6.45) is 2.55. The smallest absolute Gasteiger partial charge is 0.0702 e. The zero-order chi connectivity index (χ0) is 12.4. The fourth-order valence-electron chi connectivity index (χ4n) is 2.64. The highest BCUT2D eigenvalue weighted by Gasteiger charge is 2.26. The lowest BCUT2D eigenvalue weighted by atomic mass is 9.91. The maximum absolute atomic E-state index is 9.48. The summed E-state index contributed by atoms with van der Waals surface area (Å²) in [5.41, 5.74) is 2.20. The van der Waals surface area contributed by atoms with Gasteiger partial charge in [0, 0.05) is 28.3 Å². The average molecular weight is 298 g/mol. The van der Waals surface area contributed by atoms with Gasteiger partial charge >= 0.3 is 0 Å². The van der Waals surface area contributed by atoms with E-state index in [0.717, 1.165) is 22.5 Å². The zero-order valence-corrected chi connectivity index (χ0v) is 12.1. The van der Waals surface area contributed by atoms with Gasteiger partial charge in [0.15, 0.2) is 0 Å². The molecule has 2 rings (SSSR count). The summed E-state index contributed by atoms with van der Waals surface area (Å²) in [6.45, 7) is 5.80. The molecule has 17 heavy (non-hydrogen) atoms. The van der Waals surface area contributed by atoms with Crippen molar-refractivity contribution in [3.63, 3.8) is 0 Å². The second-order valence-corrected chi connectivity index (χ2v) is 5.90. The monoisotopic (exact) mass is 297 g/mol. The third-order valence-electron chi connectivity index (χ3n) is 3.89. The van der Waals surface area contributed by atoms with E-state index in [9.17, 15) is 5.11 Å². The van der Waals surface area contributed by atoms with Gasteiger partial charge < -0.3 is 10.0 Å². The summed E-state index contributed by atoms with van der Waals surface area (Å²) in [6, 6.07) is 6.74. The lowest BCUT2D eigenvalue weighted by molar-refractivity contribution is 0.280. The van der Waals surface area contributed by atoms with Gasteiger partial charge in [-0.15, -0.1) is 0 Å². The number of piperidine rings is 1. The van der Waals surface area contributed by atoms with Crippen molar-refractivity contribution in [1.29, 1.82) is 0 Å². The first-order valence-corrected chi connectivity index (χ1v) is 7.08. The minimum Gasteiger partial charge on any atom is -0.392 e. The highest BCUT2D eigenvalue weighted by molar-refractivity contribution is 9.10. The van der Waals surface area contributed by atoms with Crippen molar-refractivity contribution >= 4 is 21.6 Å². The summed E-state index contributed by atoms with van der Waals surface area (Å²) in [5.74, 6) is 0.721. The van der Waals surface area contributed by atoms with Crippen molar-refractivity contribution in [3.8, 4) is 0 Å². The van der Waals surface area contributed by atoms with Crippen molar-refractivity contribution in [2.24, 2.45) is 5.92 Å². The van der Waals surface area contributed by atoms with E-state index in [2.05, 4.69) is 46.8 Å². The lowest BCUT2D eigenvalue weighted by Gasteiger charge is -2.40. The molecular formula is C14H20BrNO. The van der Waals surface area contributed by atoms with Crippen LogP contribution >= 0.6 is 15.9 Å². The van der Waals surface area contributed by atoms with E-state index < -0.39 is 0 Å². The van der Waals surface area contributed by atoms with Gasteiger partial charge in [0.05, 0.1) is 6.61 Å². The van der Waals surface area contributed by atoms with Crippen LogP contribution < -0.4 is 4.90 Å². The number of hydrogen-bond acceptors (Lipinski definition) is 2. The first-order chi connectivity index (χ1) is 8.13. The van der Waals surface area contributed by atoms with E-state index in [1.54, 1.807) is 0 Å². The molecule has 1 saturated heterocycles. The van der Waals surface area contributed by atoms with E-state index in [0.29, 0.717) is 6.04 Å². The maximum atomic E-state index is 9.48. The standard InChI is InChI=1S/C14H20BrNO/c1-10-4-3-7-16(11(10)2)14-6-5-13(15)8-12(14)9-17/h5-6,8,10-11,17H,3-4,7,9H2,1-2H3. The molecule has 1 aromatic carbocycles. The number of hydrogen-bond donors (Lipinski definition) is 1.